The van der Waals surface area contributed by atoms with Gasteiger partial charge in [0.15, 0.2) is 5.57 Å². The van der Waals surface area contributed by atoms with Crippen molar-refractivity contribution in [2.45, 2.75) is 117 Å². The van der Waals surface area contributed by atoms with Crippen molar-refractivity contribution in [1.29, 1.82) is 0 Å². The van der Waals surface area contributed by atoms with E-state index < -0.39 is 11.9 Å². The van der Waals surface area contributed by atoms with Crippen LogP contribution in [0.5, 0.6) is 0 Å². The van der Waals surface area contributed by atoms with Gasteiger partial charge in [-0.3, -0.25) is 4.79 Å². The maximum atomic E-state index is 12.7. The number of carbonyl (C=O) groups excluding carboxylic acids is 1. The molecule has 0 heterocycles. The van der Waals surface area contributed by atoms with Gasteiger partial charge in [0.05, 0.1) is 6.61 Å². The van der Waals surface area contributed by atoms with Gasteiger partial charge in [-0.25, -0.2) is 0 Å². The quantitative estimate of drug-likeness (QED) is 0.0620. The third-order valence-electron chi connectivity index (χ3n) is 6.30. The Labute approximate surface area is 225 Å². The number of para-hydroxylation sites is 1. The zero-order chi connectivity index (χ0) is 26.3. The lowest BCUT2D eigenvalue weighted by Crippen LogP contribution is -2.32. The minimum absolute atomic E-state index is 0.0350. The Morgan fingerprint density at radius 1 is 0.778 bits per heavy atom. The molecule has 1 rings (SSSR count). The van der Waals surface area contributed by atoms with Gasteiger partial charge in [-0.1, -0.05) is 134 Å². The van der Waals surface area contributed by atoms with Crippen LogP contribution in [0, 0.1) is 0 Å². The van der Waals surface area contributed by atoms with Gasteiger partial charge in [-0.2, -0.15) is 0 Å². The van der Waals surface area contributed by atoms with Crippen LogP contribution < -0.4 is 10.6 Å². The van der Waals surface area contributed by atoms with Gasteiger partial charge in [0.1, 0.15) is 4.99 Å². The van der Waals surface area contributed by atoms with Crippen LogP contribution >= 0.6 is 12.2 Å². The molecule has 0 fully saturated rings. The van der Waals surface area contributed by atoms with Gasteiger partial charge in [0.2, 0.25) is 0 Å². The fraction of sp³-hybridized carbons (Fsp3) is 0.667. The average Bonchev–Trinajstić information content (AvgIpc) is 2.86. The molecule has 3 N–H and O–H groups in total. The van der Waals surface area contributed by atoms with E-state index in [-0.39, 0.29) is 17.2 Å². The number of anilines is 1. The van der Waals surface area contributed by atoms with Gasteiger partial charge < -0.3 is 20.5 Å². The van der Waals surface area contributed by atoms with Gasteiger partial charge in [0, 0.05) is 12.2 Å². The van der Waals surface area contributed by atoms with E-state index in [2.05, 4.69) is 17.6 Å². The molecule has 0 aliphatic carbocycles. The van der Waals surface area contributed by atoms with Crippen molar-refractivity contribution in [2.75, 3.05) is 18.5 Å². The highest BCUT2D eigenvalue weighted by Gasteiger charge is 2.21. The molecule has 1 aromatic rings. The second kappa shape index (κ2) is 22.1. The topological polar surface area (TPSA) is 70.6 Å². The molecule has 0 unspecified atom stereocenters. The Balaban J connectivity index is 2.12. The summed E-state index contributed by atoms with van der Waals surface area (Å²) in [6.07, 6.45) is 21.0. The average molecular weight is 519 g/mol. The lowest BCUT2D eigenvalue weighted by Gasteiger charge is -2.14. The SMILES string of the molecule is CCCCCCCCCCCCCCCCCCNC(=O)C(C(=S)Nc1ccccc1)=C(O)OCC. The van der Waals surface area contributed by atoms with Crippen LogP contribution in [0.2, 0.25) is 0 Å². The van der Waals surface area contributed by atoms with Crippen LogP contribution in [0.1, 0.15) is 117 Å². The number of thiocarbonyl (C=S) groups is 1. The summed E-state index contributed by atoms with van der Waals surface area (Å²) in [7, 11) is 0. The molecule has 0 bridgehead atoms. The van der Waals surface area contributed by atoms with Crippen molar-refractivity contribution in [3.63, 3.8) is 0 Å². The Kier molecular flexibility index (Phi) is 19.7. The molecule has 6 heteroatoms. The predicted molar refractivity (Wildman–Crippen MR) is 156 cm³/mol. The summed E-state index contributed by atoms with van der Waals surface area (Å²) in [5.74, 6) is -0.870. The van der Waals surface area contributed by atoms with Crippen LogP contribution in [0.15, 0.2) is 41.9 Å². The summed E-state index contributed by atoms with van der Waals surface area (Å²) in [5.41, 5.74) is 0.710. The van der Waals surface area contributed by atoms with E-state index in [9.17, 15) is 9.90 Å². The number of amides is 1. The number of hydrogen-bond donors (Lipinski definition) is 3. The second-order valence-electron chi connectivity index (χ2n) is 9.49. The molecule has 1 aromatic carbocycles. The van der Waals surface area contributed by atoms with E-state index in [0.29, 0.717) is 6.54 Å². The summed E-state index contributed by atoms with van der Waals surface area (Å²) in [4.78, 5) is 12.9. The van der Waals surface area contributed by atoms with Crippen LogP contribution in [-0.4, -0.2) is 29.2 Å². The van der Waals surface area contributed by atoms with E-state index in [4.69, 9.17) is 17.0 Å². The van der Waals surface area contributed by atoms with Crippen LogP contribution in [0.3, 0.4) is 0 Å². The highest BCUT2D eigenvalue weighted by molar-refractivity contribution is 7.81. The summed E-state index contributed by atoms with van der Waals surface area (Å²) >= 11 is 5.37. The number of rotatable bonds is 22. The highest BCUT2D eigenvalue weighted by Crippen LogP contribution is 2.15. The first-order chi connectivity index (χ1) is 17.6. The third kappa shape index (κ3) is 15.8. The van der Waals surface area contributed by atoms with Crippen LogP contribution in [-0.2, 0) is 9.53 Å². The fourth-order valence-electron chi connectivity index (χ4n) is 4.18. The molecule has 0 saturated heterocycles. The Hall–Kier alpha value is -2.08. The molecule has 36 heavy (non-hydrogen) atoms. The van der Waals surface area contributed by atoms with Crippen molar-refractivity contribution in [2.24, 2.45) is 0 Å². The van der Waals surface area contributed by atoms with E-state index in [1.165, 1.54) is 89.9 Å². The molecule has 0 atom stereocenters. The highest BCUT2D eigenvalue weighted by atomic mass is 32.1. The number of aliphatic hydroxyl groups is 1. The molecule has 0 spiro atoms. The molecule has 1 amide bonds. The molecule has 0 aliphatic rings. The van der Waals surface area contributed by atoms with E-state index in [1.54, 1.807) is 6.92 Å². The molecule has 0 saturated carbocycles. The number of aliphatic hydroxyl groups excluding tert-OH is 1. The number of benzene rings is 1. The molecule has 0 radical (unpaired) electrons. The molecule has 0 aromatic heterocycles. The molecular weight excluding hydrogens is 468 g/mol. The van der Waals surface area contributed by atoms with Crippen molar-refractivity contribution in [3.8, 4) is 0 Å². The summed E-state index contributed by atoms with van der Waals surface area (Å²) in [5, 5.41) is 16.1. The van der Waals surface area contributed by atoms with Crippen molar-refractivity contribution in [3.05, 3.63) is 41.9 Å². The van der Waals surface area contributed by atoms with Crippen molar-refractivity contribution >= 4 is 28.8 Å². The lowest BCUT2D eigenvalue weighted by molar-refractivity contribution is -0.117. The standard InChI is InChI=1S/C30H50N2O3S/c1-3-5-6-7-8-9-10-11-12-13-14-15-16-17-18-22-25-31-28(33)27(30(34)35-4-2)29(36)32-26-23-20-19-21-24-26/h19-21,23-24,34H,3-18,22,25H2,1-2H3,(H,31,33)(H,32,36). The predicted octanol–water partition coefficient (Wildman–Crippen LogP) is 8.61. The first kappa shape index (κ1) is 31.9. The maximum Gasteiger partial charge on any atom is 0.293 e. The number of unbranched alkanes of at least 4 members (excludes halogenated alkanes) is 15. The smallest absolute Gasteiger partial charge is 0.293 e. The van der Waals surface area contributed by atoms with Crippen molar-refractivity contribution < 1.29 is 14.6 Å². The second-order valence-corrected chi connectivity index (χ2v) is 9.90. The van der Waals surface area contributed by atoms with Gasteiger partial charge >= 0.3 is 0 Å². The molecule has 5 nitrogen and oxygen atoms in total. The summed E-state index contributed by atoms with van der Waals surface area (Å²) in [6, 6.07) is 9.32. The van der Waals surface area contributed by atoms with Crippen LogP contribution in [0.4, 0.5) is 5.69 Å². The number of carbonyl (C=O) groups is 1. The van der Waals surface area contributed by atoms with Gasteiger partial charge in [0.25, 0.3) is 11.9 Å². The lowest BCUT2D eigenvalue weighted by atomic mass is 10.0. The Morgan fingerprint density at radius 2 is 1.25 bits per heavy atom. The van der Waals surface area contributed by atoms with E-state index in [0.717, 1.165) is 18.5 Å². The molecular formula is C30H50N2O3S. The number of ether oxygens (including phenoxy) is 1. The zero-order valence-electron chi connectivity index (χ0n) is 22.8. The Bertz CT molecular complexity index is 737. The van der Waals surface area contributed by atoms with Gasteiger partial charge in [-0.15, -0.1) is 0 Å². The molecule has 204 valence electrons. The number of nitrogens with one attached hydrogen (secondary N) is 2. The first-order valence-electron chi connectivity index (χ1n) is 14.3. The molecule has 0 aliphatic heterocycles. The Morgan fingerprint density at radius 3 is 1.72 bits per heavy atom. The van der Waals surface area contributed by atoms with Crippen LogP contribution in [0.25, 0.3) is 0 Å². The normalized spacial score (nSPS) is 11.6. The summed E-state index contributed by atoms with van der Waals surface area (Å²) in [6.45, 7) is 4.81. The largest absolute Gasteiger partial charge is 0.480 e. The third-order valence-corrected chi connectivity index (χ3v) is 6.60. The van der Waals surface area contributed by atoms with Crippen molar-refractivity contribution in [1.82, 2.24) is 5.32 Å². The zero-order valence-corrected chi connectivity index (χ0v) is 23.6. The number of hydrogen-bond acceptors (Lipinski definition) is 4. The first-order valence-corrected chi connectivity index (χ1v) is 14.7. The monoisotopic (exact) mass is 518 g/mol. The maximum absolute atomic E-state index is 12.7. The van der Waals surface area contributed by atoms with E-state index in [1.807, 2.05) is 30.3 Å². The fourth-order valence-corrected chi connectivity index (χ4v) is 4.48. The minimum atomic E-state index is -0.449. The summed E-state index contributed by atoms with van der Waals surface area (Å²) < 4.78 is 5.17. The van der Waals surface area contributed by atoms with Gasteiger partial charge in [-0.05, 0) is 25.5 Å². The van der Waals surface area contributed by atoms with E-state index >= 15 is 0 Å². The minimum Gasteiger partial charge on any atom is -0.480 e.